The van der Waals surface area contributed by atoms with E-state index in [9.17, 15) is 10.1 Å². The van der Waals surface area contributed by atoms with Crippen LogP contribution in [0.4, 0.5) is 5.82 Å². The number of aromatic nitrogens is 1. The maximum absolute atomic E-state index is 13.0. The number of nitrogens with zero attached hydrogens (tertiary/aromatic N) is 3. The van der Waals surface area contributed by atoms with Crippen LogP contribution in [-0.4, -0.2) is 41.0 Å². The molecule has 3 N–H and O–H groups in total. The summed E-state index contributed by atoms with van der Waals surface area (Å²) in [5.41, 5.74) is 12.0. The van der Waals surface area contributed by atoms with Crippen LogP contribution in [0.25, 0.3) is 22.3 Å². The molecule has 4 aromatic rings. The average molecular weight is 518 g/mol. The lowest BCUT2D eigenvalue weighted by Crippen LogP contribution is -2.55. The van der Waals surface area contributed by atoms with Gasteiger partial charge in [0.05, 0.1) is 11.6 Å². The number of pyridine rings is 1. The summed E-state index contributed by atoms with van der Waals surface area (Å²) in [7, 11) is 0. The number of hydrogen-bond acceptors (Lipinski definition) is 6. The van der Waals surface area contributed by atoms with E-state index >= 15 is 0 Å². The summed E-state index contributed by atoms with van der Waals surface area (Å²) in [6.07, 6.45) is 1.71. The molecule has 5 rings (SSSR count). The predicted octanol–water partition coefficient (Wildman–Crippen LogP) is 5.27. The molecule has 0 radical (unpaired) electrons. The van der Waals surface area contributed by atoms with Gasteiger partial charge in [-0.3, -0.25) is 4.79 Å². The Labute approximate surface area is 228 Å². The van der Waals surface area contributed by atoms with E-state index in [0.29, 0.717) is 42.4 Å². The molecule has 196 valence electrons. The number of rotatable bonds is 6. The van der Waals surface area contributed by atoms with Gasteiger partial charge in [-0.25, -0.2) is 4.98 Å². The minimum atomic E-state index is 0.0448. The number of nitriles is 1. The number of hydrogen-bond donors (Lipinski definition) is 2. The van der Waals surface area contributed by atoms with Crippen LogP contribution in [0, 0.1) is 11.3 Å². The van der Waals surface area contributed by atoms with Crippen LogP contribution in [0.2, 0.25) is 0 Å². The maximum atomic E-state index is 13.0. The molecule has 0 spiro atoms. The topological polar surface area (TPSA) is 104 Å². The number of nitrogens with one attached hydrogen (secondary N) is 1. The first-order chi connectivity index (χ1) is 18.9. The molecule has 2 atom stereocenters. The van der Waals surface area contributed by atoms with Crippen LogP contribution < -0.4 is 15.8 Å². The molecule has 0 saturated carbocycles. The zero-order valence-electron chi connectivity index (χ0n) is 22.1. The normalized spacial score (nSPS) is 16.9. The van der Waals surface area contributed by atoms with Gasteiger partial charge >= 0.3 is 0 Å². The Kier molecular flexibility index (Phi) is 7.57. The van der Waals surface area contributed by atoms with Crippen LogP contribution in [0.5, 0.6) is 5.75 Å². The van der Waals surface area contributed by atoms with Crippen molar-refractivity contribution in [1.82, 2.24) is 15.2 Å². The number of anilines is 1. The van der Waals surface area contributed by atoms with Crippen LogP contribution in [0.1, 0.15) is 35.3 Å². The zero-order valence-corrected chi connectivity index (χ0v) is 22.1. The van der Waals surface area contributed by atoms with Crippen molar-refractivity contribution >= 4 is 11.7 Å². The highest BCUT2D eigenvalue weighted by atomic mass is 16.5. The Balaban J connectivity index is 1.26. The van der Waals surface area contributed by atoms with Gasteiger partial charge in [-0.1, -0.05) is 54.6 Å². The van der Waals surface area contributed by atoms with Gasteiger partial charge in [0.1, 0.15) is 6.61 Å². The molecule has 1 amide bonds. The summed E-state index contributed by atoms with van der Waals surface area (Å²) < 4.78 is 6.03. The fraction of sp³-hybridized carbons (Fsp3) is 0.219. The van der Waals surface area contributed by atoms with Gasteiger partial charge in [-0.05, 0) is 60.4 Å². The number of nitrogens with two attached hydrogens (primary N) is 1. The molecule has 0 bridgehead atoms. The molecule has 7 heteroatoms. The molecule has 2 heterocycles. The maximum Gasteiger partial charge on any atom is 0.253 e. The van der Waals surface area contributed by atoms with E-state index in [2.05, 4.69) is 30.2 Å². The van der Waals surface area contributed by atoms with Crippen molar-refractivity contribution in [1.29, 1.82) is 5.26 Å². The lowest BCUT2D eigenvalue weighted by Gasteiger charge is -2.36. The Morgan fingerprint density at radius 1 is 1.00 bits per heavy atom. The first-order valence-electron chi connectivity index (χ1n) is 13.0. The number of nitrogen functional groups attached to an aromatic ring is 1. The summed E-state index contributed by atoms with van der Waals surface area (Å²) in [5, 5.41) is 12.8. The predicted molar refractivity (Wildman–Crippen MR) is 153 cm³/mol. The number of carbonyl (C=O) groups is 1. The molecule has 1 saturated heterocycles. The molecule has 1 aliphatic rings. The van der Waals surface area contributed by atoms with Crippen molar-refractivity contribution in [2.45, 2.75) is 32.5 Å². The number of ether oxygens (including phenoxy) is 1. The molecule has 0 aliphatic carbocycles. The first kappa shape index (κ1) is 26.0. The fourth-order valence-electron chi connectivity index (χ4n) is 4.98. The SMILES string of the molecule is CC1CN(C(=O)c2ccc(-c3cnc(N)c(OCc4ccc(-c5ccccc5C#N)cc4)c3)cc2)CC(C)N1. The van der Waals surface area contributed by atoms with Crippen LogP contribution in [0.15, 0.2) is 85.1 Å². The molecule has 7 nitrogen and oxygen atoms in total. The van der Waals surface area contributed by atoms with E-state index in [1.54, 1.807) is 6.20 Å². The third-order valence-electron chi connectivity index (χ3n) is 6.90. The largest absolute Gasteiger partial charge is 0.485 e. The second-order valence-corrected chi connectivity index (χ2v) is 10.0. The monoisotopic (exact) mass is 517 g/mol. The number of amides is 1. The van der Waals surface area contributed by atoms with Crippen molar-refractivity contribution in [2.24, 2.45) is 0 Å². The van der Waals surface area contributed by atoms with Crippen molar-refractivity contribution < 1.29 is 9.53 Å². The van der Waals surface area contributed by atoms with Crippen LogP contribution in [-0.2, 0) is 6.61 Å². The third-order valence-corrected chi connectivity index (χ3v) is 6.90. The molecule has 1 aliphatic heterocycles. The molecular weight excluding hydrogens is 486 g/mol. The van der Waals surface area contributed by atoms with E-state index < -0.39 is 0 Å². The Hall–Kier alpha value is -4.67. The highest BCUT2D eigenvalue weighted by Gasteiger charge is 2.25. The average Bonchev–Trinajstić information content (AvgIpc) is 2.96. The summed E-state index contributed by atoms with van der Waals surface area (Å²) >= 11 is 0. The smallest absolute Gasteiger partial charge is 0.253 e. The quantitative estimate of drug-likeness (QED) is 0.361. The highest BCUT2D eigenvalue weighted by molar-refractivity contribution is 5.95. The third kappa shape index (κ3) is 5.92. The second kappa shape index (κ2) is 11.4. The minimum Gasteiger partial charge on any atom is -0.485 e. The van der Waals surface area contributed by atoms with Crippen molar-refractivity contribution in [3.05, 3.63) is 102 Å². The summed E-state index contributed by atoms with van der Waals surface area (Å²) in [6, 6.07) is 27.7. The number of benzene rings is 3. The van der Waals surface area contributed by atoms with Crippen molar-refractivity contribution in [2.75, 3.05) is 18.8 Å². The summed E-state index contributed by atoms with van der Waals surface area (Å²) in [4.78, 5) is 19.3. The van der Waals surface area contributed by atoms with Crippen LogP contribution >= 0.6 is 0 Å². The minimum absolute atomic E-state index is 0.0448. The molecule has 3 aromatic carbocycles. The molecule has 1 aromatic heterocycles. The lowest BCUT2D eigenvalue weighted by molar-refractivity contribution is 0.0674. The van der Waals surface area contributed by atoms with Gasteiger partial charge in [0.2, 0.25) is 0 Å². The van der Waals surface area contributed by atoms with E-state index in [1.165, 1.54) is 0 Å². The summed E-state index contributed by atoms with van der Waals surface area (Å²) in [5.74, 6) is 0.853. The van der Waals surface area contributed by atoms with Crippen molar-refractivity contribution in [3.63, 3.8) is 0 Å². The standard InChI is InChI=1S/C32H31N5O2/c1-21-18-37(19-22(2)36-21)32(38)26-13-11-24(12-14-26)28-15-30(31(34)35-17-28)39-20-23-7-9-25(10-8-23)29-6-4-3-5-27(29)16-33/h3-15,17,21-22,36H,18-20H2,1-2H3,(H2,34,35). The highest BCUT2D eigenvalue weighted by Crippen LogP contribution is 2.29. The van der Waals surface area contributed by atoms with Gasteiger partial charge in [-0.15, -0.1) is 0 Å². The van der Waals surface area contributed by atoms with E-state index in [0.717, 1.165) is 27.8 Å². The molecular formula is C32H31N5O2. The Bertz CT molecular complexity index is 1500. The number of piperazine rings is 1. The van der Waals surface area contributed by atoms with Crippen molar-refractivity contribution in [3.8, 4) is 34.1 Å². The number of carbonyl (C=O) groups excluding carboxylic acids is 1. The van der Waals surface area contributed by atoms with E-state index in [1.807, 2.05) is 83.8 Å². The molecule has 2 unspecified atom stereocenters. The Morgan fingerprint density at radius 2 is 1.67 bits per heavy atom. The second-order valence-electron chi connectivity index (χ2n) is 10.0. The van der Waals surface area contributed by atoms with Gasteiger partial charge in [0.15, 0.2) is 11.6 Å². The molecule has 39 heavy (non-hydrogen) atoms. The van der Waals surface area contributed by atoms with Gasteiger partial charge in [0, 0.05) is 42.5 Å². The van der Waals surface area contributed by atoms with Gasteiger partial charge in [-0.2, -0.15) is 5.26 Å². The van der Waals surface area contributed by atoms with Gasteiger partial charge < -0.3 is 20.7 Å². The van der Waals surface area contributed by atoms with Gasteiger partial charge in [0.25, 0.3) is 5.91 Å². The summed E-state index contributed by atoms with van der Waals surface area (Å²) in [6.45, 7) is 5.91. The molecule has 1 fully saturated rings. The van der Waals surface area contributed by atoms with E-state index in [-0.39, 0.29) is 18.0 Å². The van der Waals surface area contributed by atoms with Crippen LogP contribution in [0.3, 0.4) is 0 Å². The fourth-order valence-corrected chi connectivity index (χ4v) is 4.98. The first-order valence-corrected chi connectivity index (χ1v) is 13.0. The van der Waals surface area contributed by atoms with E-state index in [4.69, 9.17) is 10.5 Å². The Morgan fingerprint density at radius 3 is 2.36 bits per heavy atom. The lowest BCUT2D eigenvalue weighted by atomic mass is 9.99. The zero-order chi connectivity index (χ0) is 27.4.